The molecule has 2 aliphatic heterocycles. The molecule has 1 aromatic carbocycles. The normalized spacial score (nSPS) is 20.7. The summed E-state index contributed by atoms with van der Waals surface area (Å²) >= 11 is 0. The highest BCUT2D eigenvalue weighted by Crippen LogP contribution is 2.52. The molecule has 1 atom stereocenters. The van der Waals surface area contributed by atoms with Crippen molar-refractivity contribution in [1.29, 1.82) is 5.26 Å². The van der Waals surface area contributed by atoms with Crippen LogP contribution in [0.25, 0.3) is 0 Å². The summed E-state index contributed by atoms with van der Waals surface area (Å²) in [4.78, 5) is 36.3. The topological polar surface area (TPSA) is 158 Å². The fourth-order valence-corrected chi connectivity index (χ4v) is 3.38. The van der Waals surface area contributed by atoms with Crippen LogP contribution in [-0.4, -0.2) is 23.4 Å². The minimum absolute atomic E-state index is 0.0101. The number of nitrogens with zero attached hydrogens (tertiary/aromatic N) is 2. The minimum atomic E-state index is -1.99. The number of anilines is 1. The lowest BCUT2D eigenvalue weighted by Gasteiger charge is -2.33. The van der Waals surface area contributed by atoms with Gasteiger partial charge < -0.3 is 20.5 Å². The van der Waals surface area contributed by atoms with Crippen LogP contribution in [0.1, 0.15) is 19.4 Å². The van der Waals surface area contributed by atoms with E-state index in [1.807, 2.05) is 6.07 Å². The van der Waals surface area contributed by atoms with E-state index in [0.29, 0.717) is 0 Å². The number of nitrogens with two attached hydrogens (primary N) is 1. The smallest absolute Gasteiger partial charge is 0.339 e. The molecule has 0 aliphatic carbocycles. The van der Waals surface area contributed by atoms with Gasteiger partial charge in [-0.1, -0.05) is 0 Å². The van der Waals surface area contributed by atoms with Gasteiger partial charge in [-0.15, -0.1) is 0 Å². The van der Waals surface area contributed by atoms with Crippen molar-refractivity contribution in [1.82, 2.24) is 0 Å². The molecule has 27 heavy (non-hydrogen) atoms. The summed E-state index contributed by atoms with van der Waals surface area (Å²) in [5.41, 5.74) is 3.22. The second kappa shape index (κ2) is 6.14. The number of fused-ring (bicyclic) bond motifs is 2. The van der Waals surface area contributed by atoms with Gasteiger partial charge in [-0.05, 0) is 19.9 Å². The number of carbonyl (C=O) groups is 2. The van der Waals surface area contributed by atoms with Crippen molar-refractivity contribution in [2.75, 3.05) is 11.9 Å². The Morgan fingerprint density at radius 2 is 2.22 bits per heavy atom. The first-order chi connectivity index (χ1) is 12.8. The molecule has 0 radical (unpaired) electrons. The summed E-state index contributed by atoms with van der Waals surface area (Å²) < 4.78 is 10.3. The van der Waals surface area contributed by atoms with Crippen LogP contribution in [0.5, 0.6) is 0 Å². The van der Waals surface area contributed by atoms with E-state index in [-0.39, 0.29) is 46.3 Å². The van der Waals surface area contributed by atoms with E-state index in [4.69, 9.17) is 15.2 Å². The summed E-state index contributed by atoms with van der Waals surface area (Å²) in [7, 11) is 0. The number of hydrogen-bond acceptors (Lipinski definition) is 8. The van der Waals surface area contributed by atoms with Gasteiger partial charge in [0.25, 0.3) is 5.69 Å². The minimum Gasteiger partial charge on any atom is -0.462 e. The van der Waals surface area contributed by atoms with E-state index in [1.54, 1.807) is 6.92 Å². The van der Waals surface area contributed by atoms with Crippen molar-refractivity contribution in [3.8, 4) is 6.07 Å². The van der Waals surface area contributed by atoms with E-state index in [9.17, 15) is 25.0 Å². The lowest BCUT2D eigenvalue weighted by molar-refractivity contribution is -0.384. The molecule has 1 amide bonds. The number of benzene rings is 1. The maximum Gasteiger partial charge on any atom is 0.339 e. The summed E-state index contributed by atoms with van der Waals surface area (Å²) in [5, 5.41) is 23.4. The molecule has 0 aromatic heterocycles. The van der Waals surface area contributed by atoms with Crippen molar-refractivity contribution in [2.24, 2.45) is 5.73 Å². The number of carbonyl (C=O) groups excluding carboxylic acids is 2. The molecule has 3 rings (SSSR count). The molecule has 10 nitrogen and oxygen atoms in total. The third-order valence-corrected chi connectivity index (χ3v) is 4.41. The van der Waals surface area contributed by atoms with Gasteiger partial charge >= 0.3 is 5.97 Å². The Balaban J connectivity index is 2.42. The van der Waals surface area contributed by atoms with Crippen molar-refractivity contribution in [3.63, 3.8) is 0 Å². The van der Waals surface area contributed by atoms with Crippen molar-refractivity contribution >= 4 is 23.3 Å². The predicted octanol–water partition coefficient (Wildman–Crippen LogP) is 1.35. The average Bonchev–Trinajstić information content (AvgIpc) is 2.87. The lowest BCUT2D eigenvalue weighted by Crippen LogP contribution is -2.45. The van der Waals surface area contributed by atoms with E-state index in [1.165, 1.54) is 19.1 Å². The number of nitrogens with one attached hydrogen (secondary N) is 1. The standard InChI is InChI=1S/C17H14N4O6/c1-3-26-15(22)13-8(2)27-14(19)11(7-18)17(13)10-6-9(21(24)25)4-5-12(10)20-16(17)23/h4-6H,3,19H2,1-2H3,(H,20,23)/t17-/m0/s1. The number of nitro groups is 1. The van der Waals surface area contributed by atoms with Crippen LogP contribution in [0.4, 0.5) is 11.4 Å². The van der Waals surface area contributed by atoms with Crippen LogP contribution in [0.2, 0.25) is 0 Å². The summed E-state index contributed by atoms with van der Waals surface area (Å²) in [6.45, 7) is 2.99. The molecule has 0 saturated heterocycles. The molecule has 2 heterocycles. The molecular formula is C17H14N4O6. The highest BCUT2D eigenvalue weighted by atomic mass is 16.6. The summed E-state index contributed by atoms with van der Waals surface area (Å²) in [5.74, 6) is -2.02. The van der Waals surface area contributed by atoms with E-state index in [0.717, 1.165) is 6.07 Å². The van der Waals surface area contributed by atoms with Crippen LogP contribution in [-0.2, 0) is 24.5 Å². The Morgan fingerprint density at radius 1 is 1.52 bits per heavy atom. The van der Waals surface area contributed by atoms with Crippen molar-refractivity contribution in [3.05, 3.63) is 56.7 Å². The second-order valence-electron chi connectivity index (χ2n) is 5.80. The summed E-state index contributed by atoms with van der Waals surface area (Å²) in [6.07, 6.45) is 0. The molecular weight excluding hydrogens is 356 g/mol. The number of non-ortho nitro benzene ring substituents is 1. The number of amides is 1. The van der Waals surface area contributed by atoms with Crippen LogP contribution < -0.4 is 11.1 Å². The van der Waals surface area contributed by atoms with Gasteiger partial charge in [0.2, 0.25) is 11.8 Å². The molecule has 1 aromatic rings. The maximum atomic E-state index is 13.0. The molecule has 138 valence electrons. The monoisotopic (exact) mass is 370 g/mol. The lowest BCUT2D eigenvalue weighted by atomic mass is 9.68. The van der Waals surface area contributed by atoms with Gasteiger partial charge in [0.1, 0.15) is 23.0 Å². The first-order valence-corrected chi connectivity index (χ1v) is 7.86. The van der Waals surface area contributed by atoms with E-state index < -0.39 is 22.2 Å². The number of ether oxygens (including phenoxy) is 2. The highest BCUT2D eigenvalue weighted by molar-refractivity contribution is 6.17. The molecule has 1 spiro atoms. The predicted molar refractivity (Wildman–Crippen MR) is 90.6 cm³/mol. The Labute approximate surface area is 153 Å². The molecule has 2 aliphatic rings. The molecule has 0 fully saturated rings. The highest BCUT2D eigenvalue weighted by Gasteiger charge is 2.60. The van der Waals surface area contributed by atoms with Gasteiger partial charge in [0.05, 0.1) is 11.5 Å². The number of nitriles is 1. The molecule has 0 unspecified atom stereocenters. The van der Waals surface area contributed by atoms with Gasteiger partial charge in [-0.3, -0.25) is 14.9 Å². The SMILES string of the molecule is CCOC(=O)C1=C(C)OC(N)=C(C#N)[C@]12C(=O)Nc1ccc([N+](=O)[O-])cc12. The fourth-order valence-electron chi connectivity index (χ4n) is 3.38. The average molecular weight is 370 g/mol. The Morgan fingerprint density at radius 3 is 2.81 bits per heavy atom. The van der Waals surface area contributed by atoms with Gasteiger partial charge in [0.15, 0.2) is 5.41 Å². The molecule has 3 N–H and O–H groups in total. The number of nitro benzene ring substituents is 1. The zero-order valence-corrected chi connectivity index (χ0v) is 14.4. The first-order valence-electron chi connectivity index (χ1n) is 7.86. The van der Waals surface area contributed by atoms with Crippen LogP contribution in [0.3, 0.4) is 0 Å². The Kier molecular flexibility index (Phi) is 4.08. The number of hydrogen-bond donors (Lipinski definition) is 2. The van der Waals surface area contributed by atoms with E-state index >= 15 is 0 Å². The van der Waals surface area contributed by atoms with Crippen molar-refractivity contribution < 1.29 is 24.0 Å². The fraction of sp³-hybridized carbons (Fsp3) is 0.235. The van der Waals surface area contributed by atoms with Crippen molar-refractivity contribution in [2.45, 2.75) is 19.3 Å². The van der Waals surface area contributed by atoms with Gasteiger partial charge in [-0.2, -0.15) is 5.26 Å². The second-order valence-corrected chi connectivity index (χ2v) is 5.80. The number of esters is 1. The number of allylic oxidation sites excluding steroid dienone is 1. The third-order valence-electron chi connectivity index (χ3n) is 4.41. The zero-order valence-electron chi connectivity index (χ0n) is 14.4. The number of rotatable bonds is 3. The summed E-state index contributed by atoms with van der Waals surface area (Å²) in [6, 6.07) is 5.48. The zero-order chi connectivity index (χ0) is 19.9. The van der Waals surface area contributed by atoms with Gasteiger partial charge in [0, 0.05) is 23.4 Å². The van der Waals surface area contributed by atoms with Crippen LogP contribution in [0.15, 0.2) is 41.0 Å². The largest absolute Gasteiger partial charge is 0.462 e. The first kappa shape index (κ1) is 17.9. The van der Waals surface area contributed by atoms with E-state index in [2.05, 4.69) is 5.32 Å². The van der Waals surface area contributed by atoms with Crippen LogP contribution in [0, 0.1) is 21.4 Å². The molecule has 0 saturated carbocycles. The van der Waals surface area contributed by atoms with Crippen LogP contribution >= 0.6 is 0 Å². The van der Waals surface area contributed by atoms with Gasteiger partial charge in [-0.25, -0.2) is 4.79 Å². The molecule has 10 heteroatoms. The molecule has 0 bridgehead atoms. The quantitative estimate of drug-likeness (QED) is 0.458. The Hall–Kier alpha value is -3.87. The third kappa shape index (κ3) is 2.32. The maximum absolute atomic E-state index is 13.0. The Bertz CT molecular complexity index is 1000.